The minimum atomic E-state index is -0.300. The molecular weight excluding hydrogens is 725 g/mol. The van der Waals surface area contributed by atoms with E-state index < -0.39 is 0 Å². The van der Waals surface area contributed by atoms with Crippen LogP contribution in [0, 0.1) is 23.7 Å². The molecule has 6 aliphatic heterocycles. The number of hydrogen-bond acceptors (Lipinski definition) is 10. The summed E-state index contributed by atoms with van der Waals surface area (Å²) < 4.78 is 26.0. The Morgan fingerprint density at radius 2 is 1.07 bits per heavy atom. The summed E-state index contributed by atoms with van der Waals surface area (Å²) in [5.41, 5.74) is 4.01. The number of benzene rings is 3. The molecule has 58 heavy (non-hydrogen) atoms. The Morgan fingerprint density at radius 1 is 0.603 bits per heavy atom. The van der Waals surface area contributed by atoms with E-state index in [2.05, 4.69) is 72.2 Å². The molecule has 6 fully saturated rings. The summed E-state index contributed by atoms with van der Waals surface area (Å²) in [4.78, 5) is 14.8. The number of piperidine rings is 6. The van der Waals surface area contributed by atoms with E-state index in [0.29, 0.717) is 35.4 Å². The number of nitrogens with zero attached hydrogens (tertiary/aromatic N) is 6. The fourth-order valence-corrected chi connectivity index (χ4v) is 11.1. The van der Waals surface area contributed by atoms with Crippen molar-refractivity contribution in [1.29, 1.82) is 0 Å². The van der Waals surface area contributed by atoms with Crippen molar-refractivity contribution in [2.24, 2.45) is 23.7 Å². The number of methoxy groups -OCH3 is 2. The lowest BCUT2D eigenvalue weighted by Crippen LogP contribution is -2.56. The van der Waals surface area contributed by atoms with E-state index in [1.165, 1.54) is 25.7 Å². The van der Waals surface area contributed by atoms with Crippen LogP contribution in [-0.2, 0) is 0 Å². The molecule has 0 N–H and O–H groups in total. The first-order valence-electron chi connectivity index (χ1n) is 21.5. The summed E-state index contributed by atoms with van der Waals surface area (Å²) in [6.45, 7) is 9.00. The Morgan fingerprint density at radius 3 is 1.47 bits per heavy atom. The van der Waals surface area contributed by atoms with Crippen molar-refractivity contribution in [3.8, 4) is 23.3 Å². The zero-order chi connectivity index (χ0) is 39.3. The van der Waals surface area contributed by atoms with Crippen LogP contribution in [0.3, 0.4) is 0 Å². The SMILES string of the molecule is CC[C@@H]1CN2CC[C@@H]1C[C@@H]2[C@H](Oc1nnc(O[C@H](c2ccnc3ccc(OC)cc23)[C@H]2C[C@H]3CCN2C[C@@H]3CC)c2ccccc12)c1ccnc2ccc(OC)cc12. The maximum absolute atomic E-state index is 7.30. The van der Waals surface area contributed by atoms with E-state index in [4.69, 9.17) is 39.1 Å². The summed E-state index contributed by atoms with van der Waals surface area (Å²) in [5, 5.41) is 13.7. The number of rotatable bonds is 12. The average molecular weight is 779 g/mol. The monoisotopic (exact) mass is 778 g/mol. The van der Waals surface area contributed by atoms with Gasteiger partial charge in [-0.2, -0.15) is 0 Å². The van der Waals surface area contributed by atoms with Gasteiger partial charge in [0, 0.05) is 47.4 Å². The first kappa shape index (κ1) is 37.2. The normalized spacial score (nSPS) is 27.4. The molecule has 0 amide bonds. The second-order valence-corrected chi connectivity index (χ2v) is 17.0. The Hall–Kier alpha value is -5.06. The van der Waals surface area contributed by atoms with E-state index in [1.807, 2.05) is 36.7 Å². The van der Waals surface area contributed by atoms with Gasteiger partial charge < -0.3 is 18.9 Å². The maximum Gasteiger partial charge on any atom is 0.242 e. The highest BCUT2D eigenvalue weighted by molar-refractivity contribution is 5.91. The smallest absolute Gasteiger partial charge is 0.242 e. The minimum absolute atomic E-state index is 0.180. The first-order valence-corrected chi connectivity index (χ1v) is 21.5. The van der Waals surface area contributed by atoms with Crippen molar-refractivity contribution in [3.63, 3.8) is 0 Å². The molecule has 6 saturated heterocycles. The molecule has 300 valence electrons. The van der Waals surface area contributed by atoms with Crippen LogP contribution in [0.15, 0.2) is 85.2 Å². The molecule has 0 spiro atoms. The van der Waals surface area contributed by atoms with Gasteiger partial charge in [0.1, 0.15) is 23.7 Å². The third-order valence-corrected chi connectivity index (χ3v) is 14.3. The zero-order valence-corrected chi connectivity index (χ0v) is 34.1. The number of ether oxygens (including phenoxy) is 4. The standard InChI is InChI=1S/C48H54N6O4/c1-5-29-27-53-21-17-31(29)23-43(53)45(35-15-19-49-41-13-11-33(55-3)25-39(35)41)57-47-37-9-7-8-10-38(37)48(52-51-47)58-46(44-24-32-18-22-54(44)28-30(32)6-2)36-16-20-50-42-14-12-34(56-4)26-40(36)42/h7-16,19-20,25-26,29-32,43-46H,5-6,17-18,21-24,27-28H2,1-4H3/t29-,30+,31-,32-,43-,44-,45-,46-/m1/s1. The molecule has 10 atom stereocenters. The number of hydrogen-bond donors (Lipinski definition) is 0. The molecule has 12 rings (SSSR count). The molecule has 6 aliphatic rings. The van der Waals surface area contributed by atoms with Crippen LogP contribution in [0.2, 0.25) is 0 Å². The molecular formula is C48H54N6O4. The molecule has 0 radical (unpaired) electrons. The minimum Gasteiger partial charge on any atom is -0.497 e. The second-order valence-electron chi connectivity index (χ2n) is 17.0. The third-order valence-electron chi connectivity index (χ3n) is 14.3. The second kappa shape index (κ2) is 15.6. The molecule has 9 heterocycles. The van der Waals surface area contributed by atoms with Gasteiger partial charge in [0.05, 0.1) is 48.1 Å². The maximum atomic E-state index is 7.30. The fourth-order valence-electron chi connectivity index (χ4n) is 11.1. The predicted molar refractivity (Wildman–Crippen MR) is 227 cm³/mol. The quantitative estimate of drug-likeness (QED) is 0.120. The van der Waals surface area contributed by atoms with E-state index in [-0.39, 0.29) is 24.3 Å². The van der Waals surface area contributed by atoms with Crippen LogP contribution in [0.5, 0.6) is 23.3 Å². The molecule has 6 aromatic rings. The largest absolute Gasteiger partial charge is 0.497 e. The molecule has 3 aromatic carbocycles. The summed E-state index contributed by atoms with van der Waals surface area (Å²) in [5.74, 6) is 5.39. The van der Waals surface area contributed by atoms with Crippen LogP contribution in [-0.4, -0.2) is 82.4 Å². The summed E-state index contributed by atoms with van der Waals surface area (Å²) >= 11 is 0. The average Bonchev–Trinajstić information content (AvgIpc) is 3.29. The van der Waals surface area contributed by atoms with Gasteiger partial charge in [-0.25, -0.2) is 0 Å². The zero-order valence-electron chi connectivity index (χ0n) is 34.1. The Balaban J connectivity index is 1.06. The van der Waals surface area contributed by atoms with Gasteiger partial charge in [0.15, 0.2) is 0 Å². The van der Waals surface area contributed by atoms with E-state index in [9.17, 15) is 0 Å². The highest BCUT2D eigenvalue weighted by atomic mass is 16.5. The lowest BCUT2D eigenvalue weighted by Gasteiger charge is -2.52. The van der Waals surface area contributed by atoms with Gasteiger partial charge in [0.25, 0.3) is 0 Å². The van der Waals surface area contributed by atoms with Crippen molar-refractivity contribution < 1.29 is 18.9 Å². The van der Waals surface area contributed by atoms with E-state index in [0.717, 1.165) is 94.2 Å². The molecule has 2 unspecified atom stereocenters. The Kier molecular flexibility index (Phi) is 10.0. The molecule has 0 aliphatic carbocycles. The predicted octanol–water partition coefficient (Wildman–Crippen LogP) is 9.22. The van der Waals surface area contributed by atoms with Crippen LogP contribution in [0.1, 0.15) is 75.7 Å². The fraction of sp³-hybridized carbons (Fsp3) is 0.458. The van der Waals surface area contributed by atoms with Gasteiger partial charge >= 0.3 is 0 Å². The molecule has 4 bridgehead atoms. The number of fused-ring (bicyclic) bond motifs is 9. The molecule has 0 saturated carbocycles. The van der Waals surface area contributed by atoms with Crippen molar-refractivity contribution in [1.82, 2.24) is 30.0 Å². The van der Waals surface area contributed by atoms with Gasteiger partial charge in [-0.1, -0.05) is 38.8 Å². The summed E-state index contributed by atoms with van der Waals surface area (Å²) in [6, 6.07) is 25.1. The van der Waals surface area contributed by atoms with Crippen molar-refractivity contribution >= 4 is 32.6 Å². The third kappa shape index (κ3) is 6.58. The van der Waals surface area contributed by atoms with E-state index >= 15 is 0 Å². The highest BCUT2D eigenvalue weighted by Gasteiger charge is 2.46. The Labute approximate surface area is 340 Å². The van der Waals surface area contributed by atoms with Crippen molar-refractivity contribution in [2.45, 2.75) is 76.7 Å². The van der Waals surface area contributed by atoms with Gasteiger partial charge in [-0.3, -0.25) is 19.8 Å². The molecule has 10 nitrogen and oxygen atoms in total. The summed E-state index contributed by atoms with van der Waals surface area (Å²) in [7, 11) is 3.42. The lowest BCUT2D eigenvalue weighted by atomic mass is 9.72. The van der Waals surface area contributed by atoms with Crippen LogP contribution < -0.4 is 18.9 Å². The van der Waals surface area contributed by atoms with Crippen molar-refractivity contribution in [3.05, 3.63) is 96.3 Å². The highest BCUT2D eigenvalue weighted by Crippen LogP contribution is 2.47. The Bertz CT molecular complexity index is 2280. The van der Waals surface area contributed by atoms with Gasteiger partial charge in [-0.05, 0) is 123 Å². The number of pyridine rings is 2. The first-order chi connectivity index (χ1) is 28.5. The summed E-state index contributed by atoms with van der Waals surface area (Å²) in [6.07, 6.45) is 10.2. The van der Waals surface area contributed by atoms with Crippen LogP contribution >= 0.6 is 0 Å². The molecule has 3 aromatic heterocycles. The van der Waals surface area contributed by atoms with Crippen LogP contribution in [0.4, 0.5) is 0 Å². The lowest BCUT2D eigenvalue weighted by molar-refractivity contribution is -0.0505. The molecule has 10 heteroatoms. The topological polar surface area (TPSA) is 95.0 Å². The van der Waals surface area contributed by atoms with Crippen molar-refractivity contribution in [2.75, 3.05) is 40.4 Å². The van der Waals surface area contributed by atoms with Gasteiger partial charge in [0.2, 0.25) is 11.8 Å². The van der Waals surface area contributed by atoms with E-state index in [1.54, 1.807) is 14.2 Å². The van der Waals surface area contributed by atoms with Crippen LogP contribution in [0.25, 0.3) is 32.6 Å². The van der Waals surface area contributed by atoms with Gasteiger partial charge in [-0.15, -0.1) is 10.2 Å². The number of aromatic nitrogens is 4.